The van der Waals surface area contributed by atoms with E-state index in [1.807, 2.05) is 45.9 Å². The summed E-state index contributed by atoms with van der Waals surface area (Å²) in [7, 11) is 1.78. The lowest BCUT2D eigenvalue weighted by atomic mass is 10.1. The van der Waals surface area contributed by atoms with E-state index in [-0.39, 0.29) is 24.6 Å². The van der Waals surface area contributed by atoms with E-state index in [4.69, 9.17) is 10.5 Å². The summed E-state index contributed by atoms with van der Waals surface area (Å²) in [5.41, 5.74) is 7.89. The van der Waals surface area contributed by atoms with Gasteiger partial charge in [-0.15, -0.1) is 0 Å². The van der Waals surface area contributed by atoms with Gasteiger partial charge in [-0.05, 0) is 44.9 Å². The van der Waals surface area contributed by atoms with E-state index < -0.39 is 0 Å². The fourth-order valence-corrected chi connectivity index (χ4v) is 1.65. The Morgan fingerprint density at radius 2 is 2.00 bits per heavy atom. The van der Waals surface area contributed by atoms with Gasteiger partial charge in [0.25, 0.3) is 5.91 Å². The van der Waals surface area contributed by atoms with Crippen LogP contribution in [0.2, 0.25) is 0 Å². The van der Waals surface area contributed by atoms with Crippen LogP contribution < -0.4 is 10.5 Å². The Morgan fingerprint density at radius 3 is 2.47 bits per heavy atom. The maximum absolute atomic E-state index is 11.8. The van der Waals surface area contributed by atoms with E-state index >= 15 is 0 Å². The van der Waals surface area contributed by atoms with E-state index in [2.05, 4.69) is 0 Å². The summed E-state index contributed by atoms with van der Waals surface area (Å²) in [4.78, 5) is 13.5. The van der Waals surface area contributed by atoms with Crippen molar-refractivity contribution in [1.82, 2.24) is 4.90 Å². The third-order valence-corrected chi connectivity index (χ3v) is 3.24. The van der Waals surface area contributed by atoms with Crippen LogP contribution in [0.25, 0.3) is 0 Å². The zero-order valence-corrected chi connectivity index (χ0v) is 12.4. The molecule has 0 aliphatic rings. The molecule has 1 amide bonds. The largest absolute Gasteiger partial charge is 0.484 e. The first-order chi connectivity index (χ1) is 8.82. The lowest BCUT2D eigenvalue weighted by Gasteiger charge is -2.21. The third-order valence-electron chi connectivity index (χ3n) is 3.24. The molecule has 0 radical (unpaired) electrons. The molecule has 4 nitrogen and oxygen atoms in total. The van der Waals surface area contributed by atoms with Crippen LogP contribution in [0.1, 0.15) is 37.9 Å². The van der Waals surface area contributed by atoms with Crippen molar-refractivity contribution in [3.05, 3.63) is 29.3 Å². The predicted octanol–water partition coefficient (Wildman–Crippen LogP) is 2.26. The summed E-state index contributed by atoms with van der Waals surface area (Å²) >= 11 is 0. The molecule has 0 aliphatic carbocycles. The lowest BCUT2D eigenvalue weighted by Crippen LogP contribution is -2.36. The maximum Gasteiger partial charge on any atom is 0.260 e. The number of hydrogen-bond acceptors (Lipinski definition) is 3. The molecule has 2 N–H and O–H groups in total. The fraction of sp³-hybridized carbons (Fsp3) is 0.533. The molecule has 0 heterocycles. The second kappa shape index (κ2) is 6.57. The van der Waals surface area contributed by atoms with Crippen molar-refractivity contribution in [3.8, 4) is 5.75 Å². The van der Waals surface area contributed by atoms with Gasteiger partial charge in [-0.2, -0.15) is 0 Å². The van der Waals surface area contributed by atoms with Crippen molar-refractivity contribution in [3.63, 3.8) is 0 Å². The van der Waals surface area contributed by atoms with Gasteiger partial charge in [0.2, 0.25) is 0 Å². The molecule has 0 bridgehead atoms. The highest BCUT2D eigenvalue weighted by atomic mass is 16.5. The maximum atomic E-state index is 11.8. The molecule has 1 aromatic rings. The molecule has 0 aliphatic heterocycles. The molecule has 19 heavy (non-hydrogen) atoms. The lowest BCUT2D eigenvalue weighted by molar-refractivity contribution is -0.133. The van der Waals surface area contributed by atoms with E-state index in [1.165, 1.54) is 0 Å². The summed E-state index contributed by atoms with van der Waals surface area (Å²) < 4.78 is 5.57. The van der Waals surface area contributed by atoms with Crippen LogP contribution in [0.5, 0.6) is 5.75 Å². The highest BCUT2D eigenvalue weighted by Gasteiger charge is 2.13. The van der Waals surface area contributed by atoms with E-state index in [0.29, 0.717) is 0 Å². The quantitative estimate of drug-likeness (QED) is 0.887. The molecule has 4 heteroatoms. The second-order valence-electron chi connectivity index (χ2n) is 5.20. The SMILES string of the molecule is Cc1cc(C(C)N)ccc1OCC(=O)N(C)C(C)C. The van der Waals surface area contributed by atoms with Crippen LogP contribution in [-0.4, -0.2) is 30.5 Å². The van der Waals surface area contributed by atoms with Crippen LogP contribution in [-0.2, 0) is 4.79 Å². The monoisotopic (exact) mass is 264 g/mol. The van der Waals surface area contributed by atoms with Crippen molar-refractivity contribution in [2.24, 2.45) is 5.73 Å². The normalized spacial score (nSPS) is 12.4. The van der Waals surface area contributed by atoms with E-state index in [9.17, 15) is 4.79 Å². The molecular weight excluding hydrogens is 240 g/mol. The minimum Gasteiger partial charge on any atom is -0.484 e. The summed E-state index contributed by atoms with van der Waals surface area (Å²) in [6.45, 7) is 7.91. The minimum absolute atomic E-state index is 0.00135. The number of nitrogens with two attached hydrogens (primary N) is 1. The first-order valence-corrected chi connectivity index (χ1v) is 6.57. The average molecular weight is 264 g/mol. The smallest absolute Gasteiger partial charge is 0.260 e. The van der Waals surface area contributed by atoms with Gasteiger partial charge in [-0.1, -0.05) is 12.1 Å². The Bertz CT molecular complexity index is 442. The van der Waals surface area contributed by atoms with Gasteiger partial charge < -0.3 is 15.4 Å². The zero-order chi connectivity index (χ0) is 14.6. The van der Waals surface area contributed by atoms with Crippen LogP contribution in [0.15, 0.2) is 18.2 Å². The van der Waals surface area contributed by atoms with Gasteiger partial charge >= 0.3 is 0 Å². The number of carbonyl (C=O) groups is 1. The summed E-state index contributed by atoms with van der Waals surface area (Å²) in [6, 6.07) is 5.98. The molecule has 1 aromatic carbocycles. The van der Waals surface area contributed by atoms with Crippen LogP contribution in [0.3, 0.4) is 0 Å². The predicted molar refractivity (Wildman–Crippen MR) is 77.2 cm³/mol. The minimum atomic E-state index is -0.0225. The summed E-state index contributed by atoms with van der Waals surface area (Å²) in [5.74, 6) is 0.709. The number of rotatable bonds is 5. The third kappa shape index (κ3) is 4.24. The molecule has 1 atom stereocenters. The van der Waals surface area contributed by atoms with Crippen molar-refractivity contribution in [1.29, 1.82) is 0 Å². The fourth-order valence-electron chi connectivity index (χ4n) is 1.65. The number of ether oxygens (including phenoxy) is 1. The Labute approximate surface area is 115 Å². The number of hydrogen-bond donors (Lipinski definition) is 1. The van der Waals surface area contributed by atoms with Gasteiger partial charge in [-0.3, -0.25) is 4.79 Å². The highest BCUT2D eigenvalue weighted by Crippen LogP contribution is 2.21. The summed E-state index contributed by atoms with van der Waals surface area (Å²) in [6.07, 6.45) is 0. The number of carbonyl (C=O) groups excluding carboxylic acids is 1. The van der Waals surface area contributed by atoms with Crippen molar-refractivity contribution < 1.29 is 9.53 Å². The Morgan fingerprint density at radius 1 is 1.37 bits per heavy atom. The molecule has 0 saturated heterocycles. The van der Waals surface area contributed by atoms with Gasteiger partial charge in [0.05, 0.1) is 0 Å². The molecule has 0 spiro atoms. The van der Waals surface area contributed by atoms with Gasteiger partial charge in [0.15, 0.2) is 6.61 Å². The number of nitrogens with zero attached hydrogens (tertiary/aromatic N) is 1. The Balaban J connectivity index is 2.66. The highest BCUT2D eigenvalue weighted by molar-refractivity contribution is 5.77. The van der Waals surface area contributed by atoms with Crippen LogP contribution >= 0.6 is 0 Å². The second-order valence-corrected chi connectivity index (χ2v) is 5.20. The molecule has 0 saturated carbocycles. The first kappa shape index (κ1) is 15.5. The van der Waals surface area contributed by atoms with Crippen LogP contribution in [0, 0.1) is 6.92 Å². The van der Waals surface area contributed by atoms with Gasteiger partial charge in [0.1, 0.15) is 5.75 Å². The van der Waals surface area contributed by atoms with E-state index in [1.54, 1.807) is 11.9 Å². The average Bonchev–Trinajstić information content (AvgIpc) is 2.35. The standard InChI is InChI=1S/C15H24N2O2/c1-10(2)17(5)15(18)9-19-14-7-6-13(12(4)16)8-11(14)3/h6-8,10,12H,9,16H2,1-5H3. The molecule has 1 unspecified atom stereocenters. The zero-order valence-electron chi connectivity index (χ0n) is 12.4. The molecule has 0 fully saturated rings. The molecule has 1 rings (SSSR count). The molecule has 106 valence electrons. The molecule has 0 aromatic heterocycles. The number of benzene rings is 1. The van der Waals surface area contributed by atoms with Crippen molar-refractivity contribution in [2.75, 3.05) is 13.7 Å². The number of likely N-dealkylation sites (N-methyl/N-ethyl adjacent to an activating group) is 1. The van der Waals surface area contributed by atoms with Crippen LogP contribution in [0.4, 0.5) is 0 Å². The summed E-state index contributed by atoms with van der Waals surface area (Å²) in [5, 5.41) is 0. The number of aryl methyl sites for hydroxylation is 1. The Hall–Kier alpha value is -1.55. The van der Waals surface area contributed by atoms with Gasteiger partial charge in [0, 0.05) is 19.1 Å². The van der Waals surface area contributed by atoms with Gasteiger partial charge in [-0.25, -0.2) is 0 Å². The van der Waals surface area contributed by atoms with Crippen molar-refractivity contribution >= 4 is 5.91 Å². The molecular formula is C15H24N2O2. The van der Waals surface area contributed by atoms with E-state index in [0.717, 1.165) is 16.9 Å². The van der Waals surface area contributed by atoms with Crippen molar-refractivity contribution in [2.45, 2.75) is 39.8 Å². The topological polar surface area (TPSA) is 55.6 Å². The first-order valence-electron chi connectivity index (χ1n) is 6.57. The number of amides is 1. The Kier molecular flexibility index (Phi) is 5.36.